The van der Waals surface area contributed by atoms with E-state index in [0.717, 1.165) is 11.1 Å². The van der Waals surface area contributed by atoms with E-state index in [-0.39, 0.29) is 18.4 Å². The molecule has 1 unspecified atom stereocenters. The molecule has 0 aliphatic rings. The second-order valence-corrected chi connectivity index (χ2v) is 5.17. The molecule has 0 heterocycles. The topological polar surface area (TPSA) is 49.8 Å². The fourth-order valence-corrected chi connectivity index (χ4v) is 2.05. The molecular formula is C17H23NO3. The summed E-state index contributed by atoms with van der Waals surface area (Å²) < 4.78 is 5.05. The lowest BCUT2D eigenvalue weighted by molar-refractivity contribution is -0.131. The van der Waals surface area contributed by atoms with Gasteiger partial charge in [0.1, 0.15) is 6.61 Å². The molecule has 0 aliphatic heterocycles. The van der Waals surface area contributed by atoms with Crippen molar-refractivity contribution in [3.05, 3.63) is 35.4 Å². The Balaban J connectivity index is 2.61. The summed E-state index contributed by atoms with van der Waals surface area (Å²) in [6, 6.07) is 7.69. The lowest BCUT2D eigenvalue weighted by atomic mass is 10.1. The first-order valence-electron chi connectivity index (χ1n) is 6.98. The van der Waals surface area contributed by atoms with Crippen LogP contribution in [0.15, 0.2) is 24.3 Å². The molecule has 1 aromatic rings. The van der Waals surface area contributed by atoms with Crippen LogP contribution in [0.5, 0.6) is 0 Å². The normalized spacial score (nSPS) is 11.4. The molecule has 114 valence electrons. The van der Waals surface area contributed by atoms with Gasteiger partial charge in [0.15, 0.2) is 0 Å². The lowest BCUT2D eigenvalue weighted by Crippen LogP contribution is -2.28. The van der Waals surface area contributed by atoms with Crippen LogP contribution in [0.1, 0.15) is 24.5 Å². The van der Waals surface area contributed by atoms with Gasteiger partial charge in [0.2, 0.25) is 5.91 Å². The van der Waals surface area contributed by atoms with Crippen LogP contribution < -0.4 is 0 Å². The first kappa shape index (κ1) is 17.2. The Morgan fingerprint density at radius 3 is 2.90 bits per heavy atom. The highest BCUT2D eigenvalue weighted by Gasteiger charge is 2.13. The third kappa shape index (κ3) is 6.44. The summed E-state index contributed by atoms with van der Waals surface area (Å²) >= 11 is 0. The van der Waals surface area contributed by atoms with Crippen molar-refractivity contribution in [3.63, 3.8) is 0 Å². The summed E-state index contributed by atoms with van der Waals surface area (Å²) in [6.07, 6.45) is 0.481. The second-order valence-electron chi connectivity index (χ2n) is 5.17. The third-order valence-corrected chi connectivity index (χ3v) is 3.06. The van der Waals surface area contributed by atoms with Crippen LogP contribution in [0.4, 0.5) is 0 Å². The van der Waals surface area contributed by atoms with E-state index in [1.165, 1.54) is 0 Å². The van der Waals surface area contributed by atoms with Gasteiger partial charge in [0, 0.05) is 39.3 Å². The maximum atomic E-state index is 12.1. The molecule has 1 amide bonds. The average molecular weight is 289 g/mol. The zero-order valence-electron chi connectivity index (χ0n) is 12.9. The smallest absolute Gasteiger partial charge is 0.222 e. The maximum Gasteiger partial charge on any atom is 0.222 e. The highest BCUT2D eigenvalue weighted by Crippen LogP contribution is 2.10. The Hall–Kier alpha value is -1.83. The number of nitrogens with zero attached hydrogens (tertiary/aromatic N) is 1. The number of amides is 1. The van der Waals surface area contributed by atoms with Crippen LogP contribution in [0, 0.1) is 17.8 Å². The molecule has 0 radical (unpaired) electrons. The first-order chi connectivity index (χ1) is 10.1. The van der Waals surface area contributed by atoms with E-state index in [2.05, 4.69) is 11.8 Å². The number of hydrogen-bond acceptors (Lipinski definition) is 3. The van der Waals surface area contributed by atoms with Crippen molar-refractivity contribution in [3.8, 4) is 11.8 Å². The van der Waals surface area contributed by atoms with Crippen LogP contribution in [-0.2, 0) is 16.1 Å². The Labute approximate surface area is 126 Å². The predicted octanol–water partition coefficient (Wildman–Crippen LogP) is 1.66. The highest BCUT2D eigenvalue weighted by molar-refractivity contribution is 5.76. The van der Waals surface area contributed by atoms with Gasteiger partial charge in [-0.05, 0) is 23.6 Å². The molecule has 0 bridgehead atoms. The molecule has 4 heteroatoms. The summed E-state index contributed by atoms with van der Waals surface area (Å²) in [5.41, 5.74) is 1.87. The van der Waals surface area contributed by atoms with Crippen LogP contribution in [0.25, 0.3) is 0 Å². The lowest BCUT2D eigenvalue weighted by Gasteiger charge is -2.19. The molecule has 0 spiro atoms. The molecule has 0 saturated carbocycles. The van der Waals surface area contributed by atoms with Gasteiger partial charge in [-0.15, -0.1) is 0 Å². The van der Waals surface area contributed by atoms with Gasteiger partial charge in [-0.25, -0.2) is 0 Å². The standard InChI is InChI=1S/C17H23NO3/c1-14(13-21-3)10-17(20)18(2)12-16-7-4-6-15(11-16)8-5-9-19/h4,6-7,11,14,19H,9-10,12-13H2,1-3H3. The highest BCUT2D eigenvalue weighted by atomic mass is 16.5. The van der Waals surface area contributed by atoms with Crippen molar-refractivity contribution >= 4 is 5.91 Å². The van der Waals surface area contributed by atoms with Crippen molar-refractivity contribution in [2.45, 2.75) is 19.9 Å². The average Bonchev–Trinajstić information content (AvgIpc) is 2.45. The molecule has 0 fully saturated rings. The van der Waals surface area contributed by atoms with E-state index in [9.17, 15) is 4.79 Å². The number of aliphatic hydroxyl groups is 1. The number of carbonyl (C=O) groups is 1. The minimum Gasteiger partial charge on any atom is -0.384 e. The zero-order valence-corrected chi connectivity index (χ0v) is 12.9. The summed E-state index contributed by atoms with van der Waals surface area (Å²) in [4.78, 5) is 13.8. The largest absolute Gasteiger partial charge is 0.384 e. The zero-order chi connectivity index (χ0) is 15.7. The molecule has 0 saturated heterocycles. The Kier molecular flexibility index (Phi) is 7.52. The van der Waals surface area contributed by atoms with E-state index >= 15 is 0 Å². The summed E-state index contributed by atoms with van der Waals surface area (Å²) in [6.45, 7) is 2.99. The maximum absolute atomic E-state index is 12.1. The Morgan fingerprint density at radius 1 is 1.48 bits per heavy atom. The minimum atomic E-state index is -0.153. The van der Waals surface area contributed by atoms with Gasteiger partial charge < -0.3 is 14.7 Å². The molecule has 0 aromatic heterocycles. The Morgan fingerprint density at radius 2 is 2.24 bits per heavy atom. The van der Waals surface area contributed by atoms with Gasteiger partial charge >= 0.3 is 0 Å². The minimum absolute atomic E-state index is 0.103. The number of carbonyl (C=O) groups excluding carboxylic acids is 1. The van der Waals surface area contributed by atoms with E-state index in [4.69, 9.17) is 9.84 Å². The van der Waals surface area contributed by atoms with Gasteiger partial charge in [-0.1, -0.05) is 30.9 Å². The number of methoxy groups -OCH3 is 1. The monoisotopic (exact) mass is 289 g/mol. The molecule has 1 rings (SSSR count). The van der Waals surface area contributed by atoms with Crippen LogP contribution in [0.2, 0.25) is 0 Å². The van der Waals surface area contributed by atoms with Gasteiger partial charge in [0.05, 0.1) is 0 Å². The summed E-state index contributed by atoms with van der Waals surface area (Å²) in [5, 5.41) is 8.71. The van der Waals surface area contributed by atoms with E-state index < -0.39 is 0 Å². The molecule has 1 atom stereocenters. The quantitative estimate of drug-likeness (QED) is 0.810. The van der Waals surface area contributed by atoms with Crippen molar-refractivity contribution in [1.29, 1.82) is 0 Å². The van der Waals surface area contributed by atoms with Crippen LogP contribution >= 0.6 is 0 Å². The van der Waals surface area contributed by atoms with Gasteiger partial charge in [-0.3, -0.25) is 4.79 Å². The van der Waals surface area contributed by atoms with E-state index in [1.807, 2.05) is 31.2 Å². The molecule has 21 heavy (non-hydrogen) atoms. The van der Waals surface area contributed by atoms with Crippen molar-refractivity contribution in [1.82, 2.24) is 4.90 Å². The van der Waals surface area contributed by atoms with Gasteiger partial charge in [-0.2, -0.15) is 0 Å². The van der Waals surface area contributed by atoms with Crippen molar-refractivity contribution in [2.24, 2.45) is 5.92 Å². The summed E-state index contributed by atoms with van der Waals surface area (Å²) in [5.74, 6) is 5.80. The number of benzene rings is 1. The molecular weight excluding hydrogens is 266 g/mol. The van der Waals surface area contributed by atoms with Crippen molar-refractivity contribution < 1.29 is 14.6 Å². The number of aliphatic hydroxyl groups excluding tert-OH is 1. The first-order valence-corrected chi connectivity index (χ1v) is 6.98. The number of ether oxygens (including phenoxy) is 1. The second kappa shape index (κ2) is 9.17. The van der Waals surface area contributed by atoms with Gasteiger partial charge in [0.25, 0.3) is 0 Å². The Bertz CT molecular complexity index is 516. The molecule has 1 N–H and O–H groups in total. The molecule has 4 nitrogen and oxygen atoms in total. The SMILES string of the molecule is COCC(C)CC(=O)N(C)Cc1cccc(C#CCO)c1. The number of rotatable bonds is 6. The van der Waals surface area contributed by atoms with E-state index in [0.29, 0.717) is 19.6 Å². The molecule has 0 aliphatic carbocycles. The summed E-state index contributed by atoms with van der Waals surface area (Å²) in [7, 11) is 3.44. The fourth-order valence-electron chi connectivity index (χ4n) is 2.05. The molecule has 1 aromatic carbocycles. The van der Waals surface area contributed by atoms with Crippen LogP contribution in [0.3, 0.4) is 0 Å². The van der Waals surface area contributed by atoms with Crippen LogP contribution in [-0.4, -0.2) is 43.3 Å². The third-order valence-electron chi connectivity index (χ3n) is 3.06. The fraction of sp³-hybridized carbons (Fsp3) is 0.471. The van der Waals surface area contributed by atoms with Crippen molar-refractivity contribution in [2.75, 3.05) is 27.4 Å². The number of hydrogen-bond donors (Lipinski definition) is 1. The predicted molar refractivity (Wildman–Crippen MR) is 82.5 cm³/mol. The van der Waals surface area contributed by atoms with E-state index in [1.54, 1.807) is 19.1 Å².